The molecule has 0 saturated carbocycles. The number of rotatable bonds is 6. The van der Waals surface area contributed by atoms with Gasteiger partial charge in [-0.25, -0.2) is 0 Å². The summed E-state index contributed by atoms with van der Waals surface area (Å²) in [5.74, 6) is 0. The monoisotopic (exact) mass is 531 g/mol. The van der Waals surface area contributed by atoms with E-state index in [1.54, 1.807) is 0 Å². The molecule has 0 amide bonds. The topological polar surface area (TPSA) is 9.72 Å². The third-order valence-electron chi connectivity index (χ3n) is 6.33. The zero-order chi connectivity index (χ0) is 23.7. The van der Waals surface area contributed by atoms with Gasteiger partial charge in [0.1, 0.15) is 0 Å². The van der Waals surface area contributed by atoms with Gasteiger partial charge in [-0.1, -0.05) is 91.0 Å². The van der Waals surface area contributed by atoms with Gasteiger partial charge in [-0.2, -0.15) is 0 Å². The van der Waals surface area contributed by atoms with E-state index in [0.717, 1.165) is 29.0 Å². The lowest BCUT2D eigenvalue weighted by molar-refractivity contribution is 0.659. The molecule has 6 radical (unpaired) electrons. The molecule has 0 aliphatic carbocycles. The second-order valence-corrected chi connectivity index (χ2v) is 29.3. The molecule has 1 aliphatic heterocycles. The molecule has 3 aromatic carbocycles. The molecule has 4 rings (SSSR count). The molecule has 1 fully saturated rings. The third-order valence-corrected chi connectivity index (χ3v) is 37.1. The van der Waals surface area contributed by atoms with E-state index in [0.29, 0.717) is 0 Å². The molecule has 168 valence electrons. The van der Waals surface area contributed by atoms with Crippen LogP contribution in [-0.4, -0.2) is 65.9 Å². The second kappa shape index (κ2) is 9.84. The lowest BCUT2D eigenvalue weighted by Gasteiger charge is -2.68. The van der Waals surface area contributed by atoms with Crippen LogP contribution < -0.4 is 15.6 Å². The molecule has 1 aliphatic rings. The Bertz CT molecular complexity index is 893. The van der Waals surface area contributed by atoms with Gasteiger partial charge in [-0.15, -0.1) is 0 Å². The van der Waals surface area contributed by atoms with Crippen molar-refractivity contribution in [2.45, 2.75) is 39.3 Å². The summed E-state index contributed by atoms with van der Waals surface area (Å²) in [6.07, 6.45) is 0. The van der Waals surface area contributed by atoms with Crippen LogP contribution in [0.3, 0.4) is 0 Å². The van der Waals surface area contributed by atoms with E-state index < -0.39 is 25.2 Å². The van der Waals surface area contributed by atoms with Crippen LogP contribution in [0.4, 0.5) is 0 Å². The Kier molecular flexibility index (Phi) is 7.44. The Morgan fingerprint density at radius 2 is 0.606 bits per heavy atom. The fourth-order valence-electron chi connectivity index (χ4n) is 5.05. The Labute approximate surface area is 211 Å². The van der Waals surface area contributed by atoms with Crippen molar-refractivity contribution in [3.05, 3.63) is 91.0 Å². The van der Waals surface area contributed by atoms with E-state index in [1.807, 2.05) is 0 Å². The predicted molar refractivity (Wildman–Crippen MR) is 153 cm³/mol. The molecule has 3 nitrogen and oxygen atoms in total. The van der Waals surface area contributed by atoms with E-state index in [2.05, 4.69) is 142 Å². The van der Waals surface area contributed by atoms with E-state index in [4.69, 9.17) is 0 Å². The fourth-order valence-corrected chi connectivity index (χ4v) is 39.6. The van der Waals surface area contributed by atoms with Gasteiger partial charge >= 0.3 is 0 Å². The molecule has 33 heavy (non-hydrogen) atoms. The molecule has 0 bridgehead atoms. The molecule has 1 saturated heterocycles. The first kappa shape index (κ1) is 24.9. The van der Waals surface area contributed by atoms with E-state index in [1.165, 1.54) is 15.6 Å². The van der Waals surface area contributed by atoms with Crippen molar-refractivity contribution in [3.8, 4) is 0 Å². The normalized spacial score (nSPS) is 20.5. The molecule has 0 N–H and O–H groups in total. The van der Waals surface area contributed by atoms with Crippen LogP contribution in [0.25, 0.3) is 0 Å². The van der Waals surface area contributed by atoms with Crippen molar-refractivity contribution in [2.24, 2.45) is 0 Å². The highest BCUT2D eigenvalue weighted by Gasteiger charge is 2.60. The molecular weight excluding hydrogens is 499 g/mol. The summed E-state index contributed by atoms with van der Waals surface area (Å²) < 4.78 is 9.08. The van der Waals surface area contributed by atoms with Crippen LogP contribution >= 0.6 is 0 Å². The maximum Gasteiger partial charge on any atom is 0.175 e. The summed E-state index contributed by atoms with van der Waals surface area (Å²) in [4.78, 5) is 0. The highest BCUT2D eigenvalue weighted by Crippen LogP contribution is 2.36. The standard InChI is InChI=1S/C24H33N3Si6/c1-31(2)25(28-22-16-10-7-11-17-22)32(3,4)27(30-24-20-14-9-15-21-24)33(5,6)26(31)29-23-18-12-8-13-19-23/h7-21H,1-6H3. The van der Waals surface area contributed by atoms with Crippen LogP contribution in [0, 0.1) is 0 Å². The molecule has 9 heteroatoms. The summed E-state index contributed by atoms with van der Waals surface area (Å²) in [6, 6.07) is 33.5. The molecule has 1 heterocycles. The summed E-state index contributed by atoms with van der Waals surface area (Å²) in [5, 5.41) is 4.39. The average molecular weight is 532 g/mol. The van der Waals surface area contributed by atoms with E-state index >= 15 is 0 Å². The molecule has 0 spiro atoms. The van der Waals surface area contributed by atoms with E-state index in [-0.39, 0.29) is 0 Å². The van der Waals surface area contributed by atoms with Crippen LogP contribution in [0.1, 0.15) is 0 Å². The first-order valence-corrected chi connectivity index (χ1v) is 23.0. The first-order chi connectivity index (χ1) is 15.6. The summed E-state index contributed by atoms with van der Waals surface area (Å²) in [6.45, 7) is 15.7. The van der Waals surface area contributed by atoms with Gasteiger partial charge in [0.25, 0.3) is 0 Å². The summed E-state index contributed by atoms with van der Waals surface area (Å²) in [5.41, 5.74) is 0. The van der Waals surface area contributed by atoms with Gasteiger partial charge in [0.05, 0.1) is 0 Å². The second-order valence-electron chi connectivity index (χ2n) is 9.92. The zero-order valence-corrected chi connectivity index (χ0v) is 26.5. The van der Waals surface area contributed by atoms with Gasteiger partial charge in [-0.05, 0) is 54.8 Å². The maximum absolute atomic E-state index is 3.03. The van der Waals surface area contributed by atoms with Crippen molar-refractivity contribution < 1.29 is 0 Å². The number of hydrogen-bond acceptors (Lipinski definition) is 3. The summed E-state index contributed by atoms with van der Waals surface area (Å²) in [7, 11) is -3.41. The van der Waals surface area contributed by atoms with Gasteiger partial charge in [0.15, 0.2) is 54.2 Å². The smallest absolute Gasteiger partial charge is 0.175 e. The van der Waals surface area contributed by atoms with Gasteiger partial charge in [-0.3, -0.25) is 0 Å². The van der Waals surface area contributed by atoms with Crippen LogP contribution in [0.5, 0.6) is 0 Å². The SMILES string of the molecule is C[Si]1(C)N([Si]c2ccccc2)[Si](C)(C)N([Si]c2ccccc2)[Si](C)(C)N1[Si]c1ccccc1. The molecule has 0 aromatic heterocycles. The number of benzene rings is 3. The summed E-state index contributed by atoms with van der Waals surface area (Å²) >= 11 is 0. The largest absolute Gasteiger partial charge is 0.344 e. The van der Waals surface area contributed by atoms with Crippen molar-refractivity contribution >= 4 is 69.8 Å². The lowest BCUT2D eigenvalue weighted by Crippen LogP contribution is -2.92. The first-order valence-electron chi connectivity index (χ1n) is 11.5. The predicted octanol–water partition coefficient (Wildman–Crippen LogP) is 2.85. The third kappa shape index (κ3) is 5.11. The van der Waals surface area contributed by atoms with Crippen molar-refractivity contribution in [3.63, 3.8) is 0 Å². The fraction of sp³-hybridized carbons (Fsp3) is 0.250. The molecule has 0 atom stereocenters. The number of nitrogens with zero attached hydrogens (tertiary/aromatic N) is 3. The van der Waals surface area contributed by atoms with Crippen molar-refractivity contribution in [1.29, 1.82) is 0 Å². The lowest BCUT2D eigenvalue weighted by atomic mass is 10.4. The van der Waals surface area contributed by atoms with Gasteiger partial charge < -0.3 is 11.7 Å². The minimum atomic E-state index is -1.87. The Morgan fingerprint density at radius 1 is 0.394 bits per heavy atom. The Morgan fingerprint density at radius 3 is 0.818 bits per heavy atom. The minimum Gasteiger partial charge on any atom is -0.344 e. The van der Waals surface area contributed by atoms with Gasteiger partial charge in [0, 0.05) is 0 Å². The molecule has 0 unspecified atom stereocenters. The number of hydrogen-bond donors (Lipinski definition) is 0. The Hall–Kier alpha value is -1.16. The molecule has 3 aromatic rings. The van der Waals surface area contributed by atoms with Crippen LogP contribution in [0.15, 0.2) is 91.0 Å². The minimum absolute atomic E-state index is 0.730. The average Bonchev–Trinajstić information content (AvgIpc) is 2.80. The van der Waals surface area contributed by atoms with E-state index in [9.17, 15) is 0 Å². The maximum atomic E-state index is 3.03. The van der Waals surface area contributed by atoms with Crippen molar-refractivity contribution in [1.82, 2.24) is 11.7 Å². The quantitative estimate of drug-likeness (QED) is 0.453. The van der Waals surface area contributed by atoms with Crippen LogP contribution in [-0.2, 0) is 0 Å². The van der Waals surface area contributed by atoms with Crippen molar-refractivity contribution in [2.75, 3.05) is 0 Å². The molecular formula is C24H33N3Si6. The Balaban J connectivity index is 1.79. The zero-order valence-electron chi connectivity index (χ0n) is 20.5. The van der Waals surface area contributed by atoms with Crippen LogP contribution in [0.2, 0.25) is 39.3 Å². The highest BCUT2D eigenvalue weighted by atomic mass is 28.5. The van der Waals surface area contributed by atoms with Gasteiger partial charge in [0.2, 0.25) is 0 Å². The highest BCUT2D eigenvalue weighted by molar-refractivity contribution is 7.14.